The number of nitrogens with one attached hydrogen (secondary N) is 1. The van der Waals surface area contributed by atoms with Gasteiger partial charge in [0.15, 0.2) is 11.5 Å². The van der Waals surface area contributed by atoms with Crippen molar-refractivity contribution in [2.45, 2.75) is 4.90 Å². The van der Waals surface area contributed by atoms with Crippen molar-refractivity contribution in [3.63, 3.8) is 0 Å². The SMILES string of the molecule is CS(=O)(=O)Nc1ccc(-c2nc(-c3cccc(S(N)(=O)=O)c3)nc3c2ncn3N)cc1. The molecule has 0 saturated heterocycles. The van der Waals surface area contributed by atoms with E-state index in [1.807, 2.05) is 0 Å². The topological polar surface area (TPSA) is 176 Å². The van der Waals surface area contributed by atoms with Gasteiger partial charge in [-0.05, 0) is 24.3 Å². The van der Waals surface area contributed by atoms with Crippen LogP contribution in [-0.2, 0) is 20.0 Å². The fourth-order valence-electron chi connectivity index (χ4n) is 2.97. The molecule has 160 valence electrons. The first kappa shape index (κ1) is 20.7. The summed E-state index contributed by atoms with van der Waals surface area (Å²) in [4.78, 5) is 13.2. The van der Waals surface area contributed by atoms with Crippen molar-refractivity contribution in [1.82, 2.24) is 19.6 Å². The highest BCUT2D eigenvalue weighted by Crippen LogP contribution is 2.29. The van der Waals surface area contributed by atoms with Crippen LogP contribution in [0.25, 0.3) is 33.8 Å². The average molecular weight is 460 g/mol. The lowest BCUT2D eigenvalue weighted by atomic mass is 10.1. The molecule has 0 aliphatic carbocycles. The van der Waals surface area contributed by atoms with Crippen molar-refractivity contribution in [2.24, 2.45) is 5.14 Å². The van der Waals surface area contributed by atoms with Crippen molar-refractivity contribution in [2.75, 3.05) is 16.8 Å². The predicted octanol–water partition coefficient (Wildman–Crippen LogP) is 0.893. The lowest BCUT2D eigenvalue weighted by Gasteiger charge is -2.09. The van der Waals surface area contributed by atoms with Crippen LogP contribution in [-0.4, -0.2) is 42.7 Å². The van der Waals surface area contributed by atoms with E-state index in [-0.39, 0.29) is 10.7 Å². The maximum Gasteiger partial charge on any atom is 0.238 e. The van der Waals surface area contributed by atoms with Crippen molar-refractivity contribution >= 4 is 36.9 Å². The largest absolute Gasteiger partial charge is 0.336 e. The van der Waals surface area contributed by atoms with E-state index in [9.17, 15) is 16.8 Å². The summed E-state index contributed by atoms with van der Waals surface area (Å²) in [6, 6.07) is 12.5. The number of rotatable bonds is 5. The van der Waals surface area contributed by atoms with Gasteiger partial charge in [0.25, 0.3) is 0 Å². The molecule has 0 radical (unpaired) electrons. The Morgan fingerprint density at radius 3 is 2.32 bits per heavy atom. The molecule has 2 aromatic carbocycles. The molecule has 0 unspecified atom stereocenters. The summed E-state index contributed by atoms with van der Waals surface area (Å²) < 4.78 is 49.9. The highest BCUT2D eigenvalue weighted by Gasteiger charge is 2.17. The number of fused-ring (bicyclic) bond motifs is 1. The van der Waals surface area contributed by atoms with Gasteiger partial charge in [-0.3, -0.25) is 4.72 Å². The van der Waals surface area contributed by atoms with E-state index in [4.69, 9.17) is 11.0 Å². The zero-order valence-corrected chi connectivity index (χ0v) is 17.7. The van der Waals surface area contributed by atoms with E-state index in [0.717, 1.165) is 6.26 Å². The minimum atomic E-state index is -3.91. The van der Waals surface area contributed by atoms with Crippen LogP contribution in [0.4, 0.5) is 5.69 Å². The first-order chi connectivity index (χ1) is 14.5. The van der Waals surface area contributed by atoms with Gasteiger partial charge >= 0.3 is 0 Å². The van der Waals surface area contributed by atoms with Crippen LogP contribution in [0.5, 0.6) is 0 Å². The molecule has 0 saturated carbocycles. The third-order valence-electron chi connectivity index (χ3n) is 4.30. The number of hydrogen-bond donors (Lipinski definition) is 3. The molecule has 2 aromatic heterocycles. The Morgan fingerprint density at radius 1 is 0.968 bits per heavy atom. The lowest BCUT2D eigenvalue weighted by Crippen LogP contribution is -2.12. The number of nitrogens with zero attached hydrogens (tertiary/aromatic N) is 4. The first-order valence-corrected chi connectivity index (χ1v) is 12.2. The van der Waals surface area contributed by atoms with E-state index in [1.54, 1.807) is 30.3 Å². The Hall–Kier alpha value is -3.55. The molecule has 11 nitrogen and oxygen atoms in total. The standard InChI is InChI=1S/C18H17N7O4S2/c1-30(26,27)24-13-7-5-11(6-8-13)15-16-18(25(19)10-21-16)23-17(22-15)12-3-2-4-14(9-12)31(20,28)29/h2-10,24H,19H2,1H3,(H2,20,28,29). The Bertz CT molecular complexity index is 1510. The van der Waals surface area contributed by atoms with Crippen molar-refractivity contribution in [1.29, 1.82) is 0 Å². The maximum atomic E-state index is 11.7. The number of aromatic nitrogens is 4. The van der Waals surface area contributed by atoms with Gasteiger partial charge in [-0.1, -0.05) is 24.3 Å². The normalized spacial score (nSPS) is 12.2. The van der Waals surface area contributed by atoms with Gasteiger partial charge in [-0.15, -0.1) is 0 Å². The second-order valence-corrected chi connectivity index (χ2v) is 10.1. The molecule has 31 heavy (non-hydrogen) atoms. The van der Waals surface area contributed by atoms with Crippen molar-refractivity contribution in [3.05, 3.63) is 54.9 Å². The molecule has 4 rings (SSSR count). The van der Waals surface area contributed by atoms with Crippen molar-refractivity contribution in [3.8, 4) is 22.6 Å². The summed E-state index contributed by atoms with van der Waals surface area (Å²) in [5.74, 6) is 6.15. The van der Waals surface area contributed by atoms with Gasteiger partial charge < -0.3 is 5.84 Å². The second-order valence-electron chi connectivity index (χ2n) is 6.74. The zero-order valence-electron chi connectivity index (χ0n) is 16.1. The summed E-state index contributed by atoms with van der Waals surface area (Å²) in [6.45, 7) is 0. The van der Waals surface area contributed by atoms with E-state index in [1.165, 1.54) is 29.2 Å². The lowest BCUT2D eigenvalue weighted by molar-refractivity contribution is 0.597. The fraction of sp³-hybridized carbons (Fsp3) is 0.0556. The molecular formula is C18H17N7O4S2. The number of imidazole rings is 1. The van der Waals surface area contributed by atoms with Gasteiger partial charge in [0.05, 0.1) is 11.2 Å². The van der Waals surface area contributed by atoms with Crippen LogP contribution < -0.4 is 15.7 Å². The average Bonchev–Trinajstić information content (AvgIpc) is 3.07. The Labute approximate surface area is 177 Å². The molecule has 0 fully saturated rings. The minimum absolute atomic E-state index is 0.0762. The van der Waals surface area contributed by atoms with Crippen LogP contribution in [0.15, 0.2) is 59.8 Å². The molecule has 0 atom stereocenters. The Kier molecular flexibility index (Phi) is 4.88. The highest BCUT2D eigenvalue weighted by molar-refractivity contribution is 7.92. The first-order valence-electron chi connectivity index (χ1n) is 8.73. The number of sulfonamides is 2. The summed E-state index contributed by atoms with van der Waals surface area (Å²) >= 11 is 0. The number of hydrogen-bond acceptors (Lipinski definition) is 8. The van der Waals surface area contributed by atoms with Crippen LogP contribution in [0.1, 0.15) is 0 Å². The fourth-order valence-corrected chi connectivity index (χ4v) is 4.09. The van der Waals surface area contributed by atoms with Gasteiger partial charge in [-0.2, -0.15) is 0 Å². The van der Waals surface area contributed by atoms with Crippen LogP contribution in [0.3, 0.4) is 0 Å². The van der Waals surface area contributed by atoms with Crippen LogP contribution in [0, 0.1) is 0 Å². The summed E-state index contributed by atoms with van der Waals surface area (Å²) in [5, 5.41) is 5.23. The molecule has 0 spiro atoms. The van der Waals surface area contributed by atoms with Crippen LogP contribution in [0.2, 0.25) is 0 Å². The smallest absolute Gasteiger partial charge is 0.238 e. The van der Waals surface area contributed by atoms with Gasteiger partial charge in [0, 0.05) is 16.8 Å². The Morgan fingerprint density at radius 2 is 1.68 bits per heavy atom. The van der Waals surface area contributed by atoms with Gasteiger partial charge in [0.1, 0.15) is 17.5 Å². The molecule has 0 amide bonds. The molecule has 0 aliphatic rings. The monoisotopic (exact) mass is 459 g/mol. The summed E-state index contributed by atoms with van der Waals surface area (Å²) in [6.07, 6.45) is 2.44. The van der Waals surface area contributed by atoms with E-state index in [0.29, 0.717) is 33.7 Å². The number of nitrogens with two attached hydrogens (primary N) is 2. The number of nitrogen functional groups attached to an aromatic ring is 1. The van der Waals surface area contributed by atoms with Gasteiger partial charge in [0.2, 0.25) is 20.0 Å². The van der Waals surface area contributed by atoms with E-state index in [2.05, 4.69) is 19.7 Å². The van der Waals surface area contributed by atoms with E-state index < -0.39 is 20.0 Å². The maximum absolute atomic E-state index is 11.7. The summed E-state index contributed by atoms with van der Waals surface area (Å²) in [5.41, 5.74) is 2.65. The number of primary sulfonamides is 1. The molecule has 5 N–H and O–H groups in total. The molecular weight excluding hydrogens is 442 g/mol. The quantitative estimate of drug-likeness (QED) is 0.369. The zero-order chi connectivity index (χ0) is 22.4. The minimum Gasteiger partial charge on any atom is -0.336 e. The predicted molar refractivity (Wildman–Crippen MR) is 116 cm³/mol. The third-order valence-corrected chi connectivity index (χ3v) is 5.82. The second kappa shape index (κ2) is 7.30. The molecule has 0 bridgehead atoms. The van der Waals surface area contributed by atoms with Gasteiger partial charge in [-0.25, -0.2) is 41.6 Å². The van der Waals surface area contributed by atoms with E-state index >= 15 is 0 Å². The highest BCUT2D eigenvalue weighted by atomic mass is 32.2. The Balaban J connectivity index is 1.87. The molecule has 4 aromatic rings. The molecule has 2 heterocycles. The number of benzene rings is 2. The third kappa shape index (κ3) is 4.33. The van der Waals surface area contributed by atoms with Crippen molar-refractivity contribution < 1.29 is 16.8 Å². The number of anilines is 1. The van der Waals surface area contributed by atoms with Crippen LogP contribution >= 0.6 is 0 Å². The molecule has 0 aliphatic heterocycles. The molecule has 13 heteroatoms. The summed E-state index contributed by atoms with van der Waals surface area (Å²) in [7, 11) is -7.32.